The highest BCUT2D eigenvalue weighted by Gasteiger charge is 2.37. The number of alkyl halides is 1. The van der Waals surface area contributed by atoms with Crippen LogP contribution >= 0.6 is 11.6 Å². The van der Waals surface area contributed by atoms with E-state index in [1.54, 1.807) is 41.3 Å². The zero-order chi connectivity index (χ0) is 26.4. The van der Waals surface area contributed by atoms with E-state index in [9.17, 15) is 14.0 Å². The van der Waals surface area contributed by atoms with Crippen LogP contribution in [0.4, 0.5) is 10.1 Å². The van der Waals surface area contributed by atoms with Crippen LogP contribution in [0, 0.1) is 11.7 Å². The summed E-state index contributed by atoms with van der Waals surface area (Å²) >= 11 is 6.04. The largest absolute Gasteiger partial charge is 0.457 e. The lowest BCUT2D eigenvalue weighted by Gasteiger charge is -2.40. The Balaban J connectivity index is 1.70. The van der Waals surface area contributed by atoms with Gasteiger partial charge in [-0.25, -0.2) is 4.39 Å². The number of para-hydroxylation sites is 1. The molecule has 1 heterocycles. The van der Waals surface area contributed by atoms with Gasteiger partial charge in [-0.1, -0.05) is 44.2 Å². The topological polar surface area (TPSA) is 61.9 Å². The fraction of sp³-hybridized carbons (Fsp3) is 0.310. The van der Waals surface area contributed by atoms with Crippen LogP contribution in [-0.2, 0) is 9.59 Å². The molecular weight excluding hydrogens is 493 g/mol. The molecule has 0 spiro atoms. The van der Waals surface area contributed by atoms with Crippen molar-refractivity contribution in [3.8, 4) is 11.5 Å². The van der Waals surface area contributed by atoms with Gasteiger partial charge in [0.1, 0.15) is 29.2 Å². The zero-order valence-corrected chi connectivity index (χ0v) is 21.7. The number of hydrogen-bond donors (Lipinski definition) is 1. The molecule has 0 bridgehead atoms. The minimum Gasteiger partial charge on any atom is -0.457 e. The number of anilines is 1. The molecule has 1 aliphatic heterocycles. The molecule has 1 aliphatic rings. The fourth-order valence-corrected chi connectivity index (χ4v) is 4.57. The second-order valence-electron chi connectivity index (χ2n) is 9.35. The van der Waals surface area contributed by atoms with E-state index in [1.807, 2.05) is 30.3 Å². The number of halogens is 2. The lowest BCUT2D eigenvalue weighted by Crippen LogP contribution is -2.57. The van der Waals surface area contributed by atoms with Crippen molar-refractivity contribution in [1.29, 1.82) is 0 Å². The van der Waals surface area contributed by atoms with Gasteiger partial charge in [0.05, 0.1) is 0 Å². The number of carbonyl (C=O) groups excluding carboxylic acids is 2. The number of nitrogens with zero attached hydrogens (tertiary/aromatic N) is 2. The Bertz CT molecular complexity index is 1190. The summed E-state index contributed by atoms with van der Waals surface area (Å²) in [6, 6.07) is 21.1. The van der Waals surface area contributed by atoms with Crippen molar-refractivity contribution < 1.29 is 18.7 Å². The van der Waals surface area contributed by atoms with E-state index in [4.69, 9.17) is 16.3 Å². The van der Waals surface area contributed by atoms with Crippen LogP contribution in [-0.4, -0.2) is 48.3 Å². The average molecular weight is 524 g/mol. The smallest absolute Gasteiger partial charge is 0.250 e. The fourth-order valence-electron chi connectivity index (χ4n) is 4.45. The normalized spacial score (nSPS) is 16.4. The second kappa shape index (κ2) is 12.2. The lowest BCUT2D eigenvalue weighted by atomic mass is 9.98. The van der Waals surface area contributed by atoms with Gasteiger partial charge in [0, 0.05) is 31.4 Å². The summed E-state index contributed by atoms with van der Waals surface area (Å²) in [7, 11) is 0. The summed E-state index contributed by atoms with van der Waals surface area (Å²) in [4.78, 5) is 30.5. The summed E-state index contributed by atoms with van der Waals surface area (Å²) < 4.78 is 19.7. The molecule has 8 heteroatoms. The van der Waals surface area contributed by atoms with Crippen LogP contribution in [0.5, 0.6) is 11.5 Å². The third-order valence-corrected chi connectivity index (χ3v) is 6.71. The molecule has 0 radical (unpaired) electrons. The Morgan fingerprint density at radius 1 is 1.03 bits per heavy atom. The van der Waals surface area contributed by atoms with Gasteiger partial charge in [-0.3, -0.25) is 14.5 Å². The standard InChI is InChI=1S/C29H31ClFN3O3/c1-20(2)26-19-33(17-16-32-26)29(36)28(21-8-10-22(31)11-9-21)34(27(35)18-30)23-12-14-25(15-13-23)37-24-6-4-3-5-7-24/h3-15,20,26,28,32H,16-19H2,1-2H3/t26-,28-/m1/s1. The lowest BCUT2D eigenvalue weighted by molar-refractivity contribution is -0.135. The van der Waals surface area contributed by atoms with Crippen LogP contribution in [0.3, 0.4) is 0 Å². The van der Waals surface area contributed by atoms with Crippen molar-refractivity contribution in [3.63, 3.8) is 0 Å². The third-order valence-electron chi connectivity index (χ3n) is 6.48. The monoisotopic (exact) mass is 523 g/mol. The van der Waals surface area contributed by atoms with Gasteiger partial charge < -0.3 is 15.0 Å². The highest BCUT2D eigenvalue weighted by atomic mass is 35.5. The van der Waals surface area contributed by atoms with Crippen molar-refractivity contribution in [3.05, 3.63) is 90.2 Å². The Morgan fingerprint density at radius 3 is 2.30 bits per heavy atom. The number of benzene rings is 3. The molecule has 3 aromatic carbocycles. The van der Waals surface area contributed by atoms with Gasteiger partial charge in [0.2, 0.25) is 5.91 Å². The minimum atomic E-state index is -1.00. The van der Waals surface area contributed by atoms with Crippen molar-refractivity contribution in [1.82, 2.24) is 10.2 Å². The van der Waals surface area contributed by atoms with Crippen LogP contribution < -0.4 is 15.0 Å². The van der Waals surface area contributed by atoms with Gasteiger partial charge in [-0.15, -0.1) is 11.6 Å². The van der Waals surface area contributed by atoms with E-state index >= 15 is 0 Å². The zero-order valence-electron chi connectivity index (χ0n) is 20.9. The van der Waals surface area contributed by atoms with E-state index in [2.05, 4.69) is 19.2 Å². The number of rotatable bonds is 8. The van der Waals surface area contributed by atoms with Crippen molar-refractivity contribution in [2.24, 2.45) is 5.92 Å². The van der Waals surface area contributed by atoms with E-state index in [-0.39, 0.29) is 17.8 Å². The molecule has 2 amide bonds. The van der Waals surface area contributed by atoms with Gasteiger partial charge in [0.25, 0.3) is 5.91 Å². The maximum atomic E-state index is 14.0. The highest BCUT2D eigenvalue weighted by molar-refractivity contribution is 6.29. The first-order valence-corrected chi connectivity index (χ1v) is 12.9. The molecule has 4 rings (SSSR count). The van der Waals surface area contributed by atoms with Crippen molar-refractivity contribution in [2.75, 3.05) is 30.4 Å². The van der Waals surface area contributed by atoms with Crippen LogP contribution in [0.2, 0.25) is 0 Å². The minimum absolute atomic E-state index is 0.137. The molecule has 2 atom stereocenters. The third kappa shape index (κ3) is 6.48. The first kappa shape index (κ1) is 26.6. The summed E-state index contributed by atoms with van der Waals surface area (Å²) in [5, 5.41) is 3.45. The van der Waals surface area contributed by atoms with E-state index < -0.39 is 17.8 Å². The molecule has 37 heavy (non-hydrogen) atoms. The Labute approximate surface area is 222 Å². The Kier molecular flexibility index (Phi) is 8.79. The van der Waals surface area contributed by atoms with E-state index in [1.165, 1.54) is 17.0 Å². The molecule has 3 aromatic rings. The number of amides is 2. The number of ether oxygens (including phenoxy) is 1. The molecule has 194 valence electrons. The van der Waals surface area contributed by atoms with Gasteiger partial charge in [0.15, 0.2) is 0 Å². The van der Waals surface area contributed by atoms with Gasteiger partial charge in [-0.05, 0) is 60.0 Å². The maximum absolute atomic E-state index is 14.0. The molecule has 0 unspecified atom stereocenters. The van der Waals surface area contributed by atoms with Crippen LogP contribution in [0.1, 0.15) is 25.5 Å². The molecule has 1 saturated heterocycles. The van der Waals surface area contributed by atoms with Crippen molar-refractivity contribution >= 4 is 29.1 Å². The maximum Gasteiger partial charge on any atom is 0.250 e. The highest BCUT2D eigenvalue weighted by Crippen LogP contribution is 2.32. The predicted molar refractivity (Wildman–Crippen MR) is 144 cm³/mol. The molecule has 1 fully saturated rings. The first-order chi connectivity index (χ1) is 17.9. The molecule has 0 aromatic heterocycles. The SMILES string of the molecule is CC(C)[C@H]1CN(C(=O)[C@@H](c2ccc(F)cc2)N(C(=O)CCl)c2ccc(Oc3ccccc3)cc2)CCN1. The summed E-state index contributed by atoms with van der Waals surface area (Å²) in [6.07, 6.45) is 0. The molecule has 0 aliphatic carbocycles. The van der Waals surface area contributed by atoms with E-state index in [0.717, 1.165) is 0 Å². The number of carbonyl (C=O) groups is 2. The number of nitrogens with one attached hydrogen (secondary N) is 1. The molecule has 0 saturated carbocycles. The Hall–Kier alpha value is -3.42. The van der Waals surface area contributed by atoms with Crippen molar-refractivity contribution in [2.45, 2.75) is 25.9 Å². The molecular formula is C29H31ClFN3O3. The quantitative estimate of drug-likeness (QED) is 0.402. The van der Waals surface area contributed by atoms with Gasteiger partial charge in [-0.2, -0.15) is 0 Å². The number of hydrogen-bond acceptors (Lipinski definition) is 4. The van der Waals surface area contributed by atoms with Gasteiger partial charge >= 0.3 is 0 Å². The predicted octanol–water partition coefficient (Wildman–Crippen LogP) is 5.39. The summed E-state index contributed by atoms with van der Waals surface area (Å²) in [5.74, 6) is 0.191. The number of piperazine rings is 1. The van der Waals surface area contributed by atoms with Crippen LogP contribution in [0.25, 0.3) is 0 Å². The average Bonchev–Trinajstić information content (AvgIpc) is 2.93. The first-order valence-electron chi connectivity index (χ1n) is 12.4. The molecule has 1 N–H and O–H groups in total. The second-order valence-corrected chi connectivity index (χ2v) is 9.62. The summed E-state index contributed by atoms with van der Waals surface area (Å²) in [6.45, 7) is 5.88. The van der Waals surface area contributed by atoms with E-state index in [0.29, 0.717) is 48.3 Å². The summed E-state index contributed by atoms with van der Waals surface area (Å²) in [5.41, 5.74) is 0.999. The molecule has 6 nitrogen and oxygen atoms in total. The Morgan fingerprint density at radius 2 is 1.68 bits per heavy atom. The van der Waals surface area contributed by atoms with Crippen LogP contribution in [0.15, 0.2) is 78.9 Å².